The highest BCUT2D eigenvalue weighted by molar-refractivity contribution is 7.89. The molecule has 0 aliphatic heterocycles. The summed E-state index contributed by atoms with van der Waals surface area (Å²) in [5.41, 5.74) is 2.69. The van der Waals surface area contributed by atoms with Crippen molar-refractivity contribution in [3.63, 3.8) is 0 Å². The molecule has 0 saturated carbocycles. The molecule has 1 atom stereocenters. The van der Waals surface area contributed by atoms with Gasteiger partial charge in [-0.2, -0.15) is 0 Å². The zero-order chi connectivity index (χ0) is 20.7. The van der Waals surface area contributed by atoms with E-state index in [9.17, 15) is 13.2 Å². The molecule has 0 heterocycles. The summed E-state index contributed by atoms with van der Waals surface area (Å²) < 4.78 is 26.8. The maximum absolute atomic E-state index is 12.4. The van der Waals surface area contributed by atoms with Crippen LogP contribution in [0.4, 0.5) is 11.4 Å². The highest BCUT2D eigenvalue weighted by Crippen LogP contribution is 2.16. The molecule has 2 rings (SSSR count). The Morgan fingerprint density at radius 2 is 1.50 bits per heavy atom. The standard InChI is InChI=1S/C21H29N3O3S/c1-5-6-17-7-9-18(10-8-17)22-16(4)21(25)23-19-11-13-20(14-12-19)28(26,27)24-15(2)3/h7-16,22,24H,5-6H2,1-4H3,(H,23,25)/t16-/m0/s1. The quantitative estimate of drug-likeness (QED) is 0.595. The number of anilines is 2. The minimum atomic E-state index is -3.54. The van der Waals surface area contributed by atoms with Crippen molar-refractivity contribution in [1.82, 2.24) is 4.72 Å². The molecule has 2 aromatic rings. The minimum absolute atomic E-state index is 0.164. The van der Waals surface area contributed by atoms with E-state index < -0.39 is 16.1 Å². The van der Waals surface area contributed by atoms with Crippen LogP contribution in [0.1, 0.15) is 39.7 Å². The minimum Gasteiger partial charge on any atom is -0.374 e. The number of carbonyl (C=O) groups excluding carboxylic acids is 1. The zero-order valence-electron chi connectivity index (χ0n) is 16.8. The number of nitrogens with one attached hydrogen (secondary N) is 3. The molecule has 7 heteroatoms. The molecular weight excluding hydrogens is 374 g/mol. The van der Waals surface area contributed by atoms with Crippen LogP contribution < -0.4 is 15.4 Å². The SMILES string of the molecule is CCCc1ccc(N[C@@H](C)C(=O)Nc2ccc(S(=O)(=O)NC(C)C)cc2)cc1. The largest absolute Gasteiger partial charge is 0.374 e. The van der Waals surface area contributed by atoms with Crippen LogP contribution in [0.5, 0.6) is 0 Å². The van der Waals surface area contributed by atoms with Gasteiger partial charge in [0.2, 0.25) is 15.9 Å². The van der Waals surface area contributed by atoms with Crippen molar-refractivity contribution < 1.29 is 13.2 Å². The number of carbonyl (C=O) groups is 1. The van der Waals surface area contributed by atoms with E-state index >= 15 is 0 Å². The molecule has 6 nitrogen and oxygen atoms in total. The number of aryl methyl sites for hydroxylation is 1. The van der Waals surface area contributed by atoms with Crippen molar-refractivity contribution in [3.8, 4) is 0 Å². The molecule has 152 valence electrons. The van der Waals surface area contributed by atoms with Crippen molar-refractivity contribution in [1.29, 1.82) is 0 Å². The van der Waals surface area contributed by atoms with Crippen molar-refractivity contribution in [2.75, 3.05) is 10.6 Å². The van der Waals surface area contributed by atoms with Crippen LogP contribution in [0.25, 0.3) is 0 Å². The van der Waals surface area contributed by atoms with E-state index in [-0.39, 0.29) is 16.8 Å². The average Bonchev–Trinajstić information content (AvgIpc) is 2.63. The molecule has 3 N–H and O–H groups in total. The first kappa shape index (κ1) is 21.9. The Morgan fingerprint density at radius 3 is 2.04 bits per heavy atom. The number of amides is 1. The van der Waals surface area contributed by atoms with Gasteiger partial charge in [-0.1, -0.05) is 25.5 Å². The van der Waals surface area contributed by atoms with Gasteiger partial charge in [-0.3, -0.25) is 4.79 Å². The molecule has 28 heavy (non-hydrogen) atoms. The summed E-state index contributed by atoms with van der Waals surface area (Å²) in [6, 6.07) is 13.5. The van der Waals surface area contributed by atoms with Crippen LogP contribution in [0, 0.1) is 0 Å². The van der Waals surface area contributed by atoms with Gasteiger partial charge in [0.25, 0.3) is 0 Å². The van der Waals surface area contributed by atoms with E-state index in [1.807, 2.05) is 12.1 Å². The normalized spacial score (nSPS) is 12.6. The summed E-state index contributed by atoms with van der Waals surface area (Å²) in [6.45, 7) is 7.44. The first-order chi connectivity index (χ1) is 13.2. The van der Waals surface area contributed by atoms with Gasteiger partial charge < -0.3 is 10.6 Å². The fourth-order valence-electron chi connectivity index (χ4n) is 2.72. The first-order valence-corrected chi connectivity index (χ1v) is 11.0. The summed E-state index contributed by atoms with van der Waals surface area (Å²) in [4.78, 5) is 12.6. The molecule has 0 aliphatic carbocycles. The lowest BCUT2D eigenvalue weighted by Crippen LogP contribution is -2.32. The molecule has 0 spiro atoms. The number of benzene rings is 2. The van der Waals surface area contributed by atoms with E-state index in [1.165, 1.54) is 17.7 Å². The van der Waals surface area contributed by atoms with Gasteiger partial charge in [-0.15, -0.1) is 0 Å². The smallest absolute Gasteiger partial charge is 0.246 e. The summed E-state index contributed by atoms with van der Waals surface area (Å²) >= 11 is 0. The van der Waals surface area contributed by atoms with Crippen molar-refractivity contribution in [3.05, 3.63) is 54.1 Å². The van der Waals surface area contributed by atoms with Gasteiger partial charge in [-0.25, -0.2) is 13.1 Å². The van der Waals surface area contributed by atoms with Crippen molar-refractivity contribution in [2.24, 2.45) is 0 Å². The van der Waals surface area contributed by atoms with Crippen LogP contribution in [-0.2, 0) is 21.2 Å². The molecule has 0 bridgehead atoms. The maximum atomic E-state index is 12.4. The Kier molecular flexibility index (Phi) is 7.60. The molecule has 0 aromatic heterocycles. The molecular formula is C21H29N3O3S. The first-order valence-electron chi connectivity index (χ1n) is 9.50. The van der Waals surface area contributed by atoms with Crippen LogP contribution in [0.2, 0.25) is 0 Å². The molecule has 0 fully saturated rings. The Labute approximate surface area is 167 Å². The lowest BCUT2D eigenvalue weighted by Gasteiger charge is -2.16. The molecule has 0 aliphatic rings. The third kappa shape index (κ3) is 6.35. The maximum Gasteiger partial charge on any atom is 0.246 e. The molecule has 1 amide bonds. The third-order valence-electron chi connectivity index (χ3n) is 4.09. The van der Waals surface area contributed by atoms with Gasteiger partial charge >= 0.3 is 0 Å². The van der Waals surface area contributed by atoms with Crippen molar-refractivity contribution in [2.45, 2.75) is 57.5 Å². The molecule has 2 aromatic carbocycles. The van der Waals surface area contributed by atoms with E-state index in [2.05, 4.69) is 34.4 Å². The Bertz CT molecular complexity index is 876. The summed E-state index contributed by atoms with van der Waals surface area (Å²) in [6.07, 6.45) is 2.13. The van der Waals surface area contributed by atoms with E-state index in [4.69, 9.17) is 0 Å². The predicted octanol–water partition coefficient (Wildman–Crippen LogP) is 3.76. The number of hydrogen-bond donors (Lipinski definition) is 3. The van der Waals surface area contributed by atoms with Crippen LogP contribution in [-0.4, -0.2) is 26.4 Å². The Hall–Kier alpha value is -2.38. The number of rotatable bonds is 9. The topological polar surface area (TPSA) is 87.3 Å². The fourth-order valence-corrected chi connectivity index (χ4v) is 3.97. The van der Waals surface area contributed by atoms with E-state index in [0.29, 0.717) is 5.69 Å². The predicted molar refractivity (Wildman–Crippen MR) is 114 cm³/mol. The lowest BCUT2D eigenvalue weighted by atomic mass is 10.1. The van der Waals surface area contributed by atoms with E-state index in [0.717, 1.165) is 18.5 Å². The van der Waals surface area contributed by atoms with Crippen LogP contribution in [0.15, 0.2) is 53.4 Å². The lowest BCUT2D eigenvalue weighted by molar-refractivity contribution is -0.116. The Morgan fingerprint density at radius 1 is 0.929 bits per heavy atom. The zero-order valence-corrected chi connectivity index (χ0v) is 17.6. The number of hydrogen-bond acceptors (Lipinski definition) is 4. The fraction of sp³-hybridized carbons (Fsp3) is 0.381. The van der Waals surface area contributed by atoms with E-state index in [1.54, 1.807) is 32.9 Å². The van der Waals surface area contributed by atoms with Crippen molar-refractivity contribution >= 4 is 27.3 Å². The number of sulfonamides is 1. The summed E-state index contributed by atoms with van der Waals surface area (Å²) in [7, 11) is -3.54. The van der Waals surface area contributed by atoms with Crippen LogP contribution in [0.3, 0.4) is 0 Å². The van der Waals surface area contributed by atoms with Gasteiger partial charge in [-0.05, 0) is 69.2 Å². The van der Waals surface area contributed by atoms with Gasteiger partial charge in [0, 0.05) is 17.4 Å². The monoisotopic (exact) mass is 403 g/mol. The van der Waals surface area contributed by atoms with Crippen LogP contribution >= 0.6 is 0 Å². The van der Waals surface area contributed by atoms with Gasteiger partial charge in [0.05, 0.1) is 4.90 Å². The summed E-state index contributed by atoms with van der Waals surface area (Å²) in [5.74, 6) is -0.200. The third-order valence-corrected chi connectivity index (χ3v) is 5.77. The van der Waals surface area contributed by atoms with Gasteiger partial charge in [0.1, 0.15) is 6.04 Å². The second-order valence-electron chi connectivity index (χ2n) is 7.10. The second-order valence-corrected chi connectivity index (χ2v) is 8.82. The Balaban J connectivity index is 1.96. The molecule has 0 unspecified atom stereocenters. The molecule has 0 radical (unpaired) electrons. The summed E-state index contributed by atoms with van der Waals surface area (Å²) in [5, 5.41) is 5.97. The highest BCUT2D eigenvalue weighted by Gasteiger charge is 2.16. The molecule has 0 saturated heterocycles. The van der Waals surface area contributed by atoms with Gasteiger partial charge in [0.15, 0.2) is 0 Å². The second kappa shape index (κ2) is 9.71. The highest BCUT2D eigenvalue weighted by atomic mass is 32.2. The average molecular weight is 404 g/mol.